The van der Waals surface area contributed by atoms with E-state index in [4.69, 9.17) is 5.73 Å². The van der Waals surface area contributed by atoms with E-state index in [1.165, 1.54) is 17.3 Å². The van der Waals surface area contributed by atoms with E-state index < -0.39 is 0 Å². The largest absolute Gasteiger partial charge is 0.369 e. The molecule has 0 spiro atoms. The van der Waals surface area contributed by atoms with E-state index in [0.29, 0.717) is 11.1 Å². The van der Waals surface area contributed by atoms with E-state index in [9.17, 15) is 4.79 Å². The molecule has 1 unspecified atom stereocenters. The third-order valence-electron chi connectivity index (χ3n) is 2.93. The van der Waals surface area contributed by atoms with Gasteiger partial charge >= 0.3 is 0 Å². The molecule has 0 bridgehead atoms. The molecule has 20 heavy (non-hydrogen) atoms. The van der Waals surface area contributed by atoms with Crippen molar-refractivity contribution < 1.29 is 4.79 Å². The monoisotopic (exact) mass is 291 g/mol. The van der Waals surface area contributed by atoms with Gasteiger partial charge in [0.1, 0.15) is 0 Å². The number of rotatable bonds is 5. The summed E-state index contributed by atoms with van der Waals surface area (Å²) in [5.41, 5.74) is 7.37. The number of hydrogen-bond acceptors (Lipinski definition) is 5. The number of amides is 1. The number of nitrogens with zero attached hydrogens (tertiary/aromatic N) is 4. The lowest BCUT2D eigenvalue weighted by molar-refractivity contribution is -0.117. The van der Waals surface area contributed by atoms with E-state index in [2.05, 4.69) is 29.4 Å². The fourth-order valence-corrected chi connectivity index (χ4v) is 2.39. The number of carbonyl (C=O) groups excluding carboxylic acids is 1. The molecular formula is C13H17N5OS. The highest BCUT2D eigenvalue weighted by Gasteiger charge is 2.16. The van der Waals surface area contributed by atoms with Gasteiger partial charge in [0.15, 0.2) is 0 Å². The van der Waals surface area contributed by atoms with Crippen LogP contribution in [0.3, 0.4) is 0 Å². The van der Waals surface area contributed by atoms with E-state index in [1.807, 2.05) is 24.3 Å². The van der Waals surface area contributed by atoms with E-state index in [0.717, 1.165) is 5.69 Å². The van der Waals surface area contributed by atoms with Gasteiger partial charge in [-0.05, 0) is 41.0 Å². The van der Waals surface area contributed by atoms with Crippen LogP contribution >= 0.6 is 11.8 Å². The molecule has 2 aromatic rings. The summed E-state index contributed by atoms with van der Waals surface area (Å²) in [6.45, 7) is 6.01. The minimum absolute atomic E-state index is 0.380. The Hall–Kier alpha value is -1.89. The van der Waals surface area contributed by atoms with Crippen LogP contribution in [0.2, 0.25) is 0 Å². The van der Waals surface area contributed by atoms with Crippen LogP contribution in [0.15, 0.2) is 29.4 Å². The molecule has 1 atom stereocenters. The molecule has 1 amide bonds. The lowest BCUT2D eigenvalue weighted by atomic mass is 10.0. The Bertz CT molecular complexity index is 593. The Morgan fingerprint density at radius 3 is 2.45 bits per heavy atom. The minimum Gasteiger partial charge on any atom is -0.369 e. The zero-order valence-corrected chi connectivity index (χ0v) is 12.5. The van der Waals surface area contributed by atoms with Gasteiger partial charge in [0.2, 0.25) is 11.1 Å². The number of nitrogens with two attached hydrogens (primary N) is 1. The molecule has 1 heterocycles. The van der Waals surface area contributed by atoms with Crippen LogP contribution in [0.4, 0.5) is 0 Å². The summed E-state index contributed by atoms with van der Waals surface area (Å²) in [5, 5.41) is 11.7. The average Bonchev–Trinajstić information content (AvgIpc) is 2.86. The maximum Gasteiger partial charge on any atom is 0.230 e. The highest BCUT2D eigenvalue weighted by atomic mass is 32.2. The number of hydrogen-bond donors (Lipinski definition) is 1. The van der Waals surface area contributed by atoms with Crippen molar-refractivity contribution in [1.29, 1.82) is 0 Å². The lowest BCUT2D eigenvalue weighted by Crippen LogP contribution is -2.23. The number of benzene rings is 1. The van der Waals surface area contributed by atoms with Crippen LogP contribution in [0, 0.1) is 0 Å². The van der Waals surface area contributed by atoms with Crippen molar-refractivity contribution in [1.82, 2.24) is 20.2 Å². The van der Waals surface area contributed by atoms with E-state index >= 15 is 0 Å². The molecule has 1 aromatic heterocycles. The molecule has 2 rings (SSSR count). The predicted octanol–water partition coefficient (Wildman–Crippen LogP) is 1.75. The van der Waals surface area contributed by atoms with Crippen LogP contribution in [0.25, 0.3) is 5.69 Å². The van der Waals surface area contributed by atoms with Crippen molar-refractivity contribution in [2.45, 2.75) is 37.1 Å². The van der Waals surface area contributed by atoms with Gasteiger partial charge in [-0.1, -0.05) is 37.7 Å². The summed E-state index contributed by atoms with van der Waals surface area (Å²) in [4.78, 5) is 11.1. The van der Waals surface area contributed by atoms with Gasteiger partial charge in [-0.25, -0.2) is 0 Å². The first-order chi connectivity index (χ1) is 9.49. The summed E-state index contributed by atoms with van der Waals surface area (Å²) in [5.74, 6) is 0.0846. The zero-order valence-electron chi connectivity index (χ0n) is 11.6. The second kappa shape index (κ2) is 6.04. The Morgan fingerprint density at radius 2 is 1.90 bits per heavy atom. The highest BCUT2D eigenvalue weighted by Crippen LogP contribution is 2.23. The SMILES string of the molecule is CC(Sc1nnnn1-c1ccc(C(C)C)cc1)C(N)=O. The summed E-state index contributed by atoms with van der Waals surface area (Å²) in [6.07, 6.45) is 0. The molecule has 7 heteroatoms. The molecule has 1 aromatic carbocycles. The van der Waals surface area contributed by atoms with Crippen LogP contribution in [-0.4, -0.2) is 31.4 Å². The van der Waals surface area contributed by atoms with Crippen LogP contribution < -0.4 is 5.73 Å². The first-order valence-corrected chi connectivity index (χ1v) is 7.21. The molecular weight excluding hydrogens is 274 g/mol. The zero-order chi connectivity index (χ0) is 14.7. The Labute approximate surface area is 121 Å². The van der Waals surface area contributed by atoms with Crippen LogP contribution in [0.5, 0.6) is 0 Å². The molecule has 0 fully saturated rings. The van der Waals surface area contributed by atoms with Gasteiger partial charge in [0, 0.05) is 0 Å². The predicted molar refractivity (Wildman–Crippen MR) is 77.8 cm³/mol. The average molecular weight is 291 g/mol. The number of thioether (sulfide) groups is 1. The second-order valence-electron chi connectivity index (χ2n) is 4.78. The molecule has 6 nitrogen and oxygen atoms in total. The van der Waals surface area contributed by atoms with E-state index in [-0.39, 0.29) is 11.2 Å². The van der Waals surface area contributed by atoms with Crippen LogP contribution in [0.1, 0.15) is 32.3 Å². The summed E-state index contributed by atoms with van der Waals surface area (Å²) in [7, 11) is 0. The highest BCUT2D eigenvalue weighted by molar-refractivity contribution is 8.00. The molecule has 0 saturated heterocycles. The number of aromatic nitrogens is 4. The normalized spacial score (nSPS) is 12.6. The van der Waals surface area contributed by atoms with Crippen molar-refractivity contribution >= 4 is 17.7 Å². The third-order valence-corrected chi connectivity index (χ3v) is 3.98. The molecule has 0 aliphatic heterocycles. The van der Waals surface area contributed by atoms with Crippen molar-refractivity contribution in [2.24, 2.45) is 5.73 Å². The second-order valence-corrected chi connectivity index (χ2v) is 6.09. The van der Waals surface area contributed by atoms with Gasteiger partial charge in [0.25, 0.3) is 0 Å². The summed E-state index contributed by atoms with van der Waals surface area (Å²) < 4.78 is 1.61. The lowest BCUT2D eigenvalue weighted by Gasteiger charge is -2.09. The quantitative estimate of drug-likeness (QED) is 0.848. The fraction of sp³-hybridized carbons (Fsp3) is 0.385. The maximum atomic E-state index is 11.1. The summed E-state index contributed by atoms with van der Waals surface area (Å²) >= 11 is 1.24. The minimum atomic E-state index is -0.389. The standard InChI is InChI=1S/C13H17N5OS/c1-8(2)10-4-6-11(7-5-10)18-13(15-16-17-18)20-9(3)12(14)19/h4-9H,1-3H3,(H2,14,19). The van der Waals surface area contributed by atoms with Crippen molar-refractivity contribution in [2.75, 3.05) is 0 Å². The first kappa shape index (κ1) is 14.5. The van der Waals surface area contributed by atoms with E-state index in [1.54, 1.807) is 11.6 Å². The molecule has 0 aliphatic carbocycles. The number of primary amides is 1. The molecule has 0 aliphatic rings. The van der Waals surface area contributed by atoms with Crippen LogP contribution in [-0.2, 0) is 4.79 Å². The smallest absolute Gasteiger partial charge is 0.230 e. The Morgan fingerprint density at radius 1 is 1.25 bits per heavy atom. The molecule has 2 N–H and O–H groups in total. The van der Waals surface area contributed by atoms with Gasteiger partial charge < -0.3 is 5.73 Å². The molecule has 0 radical (unpaired) electrons. The molecule has 106 valence electrons. The van der Waals surface area contributed by atoms with Gasteiger partial charge in [-0.2, -0.15) is 4.68 Å². The maximum absolute atomic E-state index is 11.1. The molecule has 0 saturated carbocycles. The van der Waals surface area contributed by atoms with Gasteiger partial charge in [0.05, 0.1) is 10.9 Å². The van der Waals surface area contributed by atoms with Crippen molar-refractivity contribution in [3.05, 3.63) is 29.8 Å². The Kier molecular flexibility index (Phi) is 4.39. The van der Waals surface area contributed by atoms with Crippen molar-refractivity contribution in [3.63, 3.8) is 0 Å². The first-order valence-electron chi connectivity index (χ1n) is 6.33. The van der Waals surface area contributed by atoms with Gasteiger partial charge in [-0.15, -0.1) is 5.10 Å². The third kappa shape index (κ3) is 3.16. The van der Waals surface area contributed by atoms with Crippen molar-refractivity contribution in [3.8, 4) is 5.69 Å². The number of tetrazole rings is 1. The topological polar surface area (TPSA) is 86.7 Å². The van der Waals surface area contributed by atoms with Gasteiger partial charge in [-0.3, -0.25) is 4.79 Å². The summed E-state index contributed by atoms with van der Waals surface area (Å²) in [6, 6.07) is 8.02. The number of carbonyl (C=O) groups is 1. The Balaban J connectivity index is 2.25. The fourth-order valence-electron chi connectivity index (χ4n) is 1.63.